The van der Waals surface area contributed by atoms with Crippen LogP contribution < -0.4 is 4.74 Å². The Morgan fingerprint density at radius 3 is 2.17 bits per heavy atom. The average Bonchev–Trinajstić information content (AvgIpc) is 2.34. The number of hydrogen-bond donors (Lipinski definition) is 1. The lowest BCUT2D eigenvalue weighted by Gasteiger charge is -2.20. The van der Waals surface area contributed by atoms with Crippen LogP contribution in [0.4, 0.5) is 0 Å². The van der Waals surface area contributed by atoms with Crippen molar-refractivity contribution in [1.29, 1.82) is 0 Å². The van der Waals surface area contributed by atoms with Gasteiger partial charge in [-0.25, -0.2) is 0 Å². The van der Waals surface area contributed by atoms with E-state index in [1.807, 2.05) is 19.1 Å². The molecule has 0 saturated heterocycles. The SMILES string of the molecule is CCC(C)C(O)COc1ccc(C(C)(C)C)cc1. The van der Waals surface area contributed by atoms with Gasteiger partial charge >= 0.3 is 0 Å². The Morgan fingerprint density at radius 1 is 1.17 bits per heavy atom. The third kappa shape index (κ3) is 4.34. The van der Waals surface area contributed by atoms with E-state index in [0.717, 1.165) is 12.2 Å². The van der Waals surface area contributed by atoms with Crippen LogP contribution in [0, 0.1) is 5.92 Å². The van der Waals surface area contributed by atoms with Gasteiger partial charge in [0.15, 0.2) is 0 Å². The quantitative estimate of drug-likeness (QED) is 0.862. The predicted molar refractivity (Wildman–Crippen MR) is 76.1 cm³/mol. The molecule has 2 heteroatoms. The molecule has 2 atom stereocenters. The van der Waals surface area contributed by atoms with Crippen LogP contribution in [0.3, 0.4) is 0 Å². The van der Waals surface area contributed by atoms with Gasteiger partial charge in [0.25, 0.3) is 0 Å². The fourth-order valence-corrected chi connectivity index (χ4v) is 1.67. The third-order valence-electron chi connectivity index (χ3n) is 3.44. The highest BCUT2D eigenvalue weighted by atomic mass is 16.5. The number of ether oxygens (including phenoxy) is 1. The minimum atomic E-state index is -0.391. The first-order valence-electron chi connectivity index (χ1n) is 6.76. The van der Waals surface area contributed by atoms with E-state index in [0.29, 0.717) is 6.61 Å². The van der Waals surface area contributed by atoms with E-state index in [9.17, 15) is 5.11 Å². The van der Waals surface area contributed by atoms with Crippen LogP contribution in [-0.4, -0.2) is 17.8 Å². The standard InChI is InChI=1S/C16H26O2/c1-6-12(2)15(17)11-18-14-9-7-13(8-10-14)16(3,4)5/h7-10,12,15,17H,6,11H2,1-5H3. The lowest BCUT2D eigenvalue weighted by Crippen LogP contribution is -2.24. The number of aliphatic hydroxyl groups excluding tert-OH is 1. The lowest BCUT2D eigenvalue weighted by atomic mass is 9.87. The van der Waals surface area contributed by atoms with E-state index >= 15 is 0 Å². The van der Waals surface area contributed by atoms with Gasteiger partial charge in [-0.3, -0.25) is 0 Å². The van der Waals surface area contributed by atoms with E-state index in [4.69, 9.17) is 4.74 Å². The molecule has 0 spiro atoms. The van der Waals surface area contributed by atoms with Crippen molar-refractivity contribution in [2.45, 2.75) is 52.6 Å². The molecule has 1 aromatic rings. The summed E-state index contributed by atoms with van der Waals surface area (Å²) in [5.74, 6) is 1.10. The van der Waals surface area contributed by atoms with Crippen molar-refractivity contribution < 1.29 is 9.84 Å². The Kier molecular flexibility index (Phi) is 5.21. The summed E-state index contributed by atoms with van der Waals surface area (Å²) in [5, 5.41) is 9.84. The topological polar surface area (TPSA) is 29.5 Å². The Labute approximate surface area is 111 Å². The van der Waals surface area contributed by atoms with Crippen LogP contribution in [0.1, 0.15) is 46.6 Å². The molecular weight excluding hydrogens is 224 g/mol. The van der Waals surface area contributed by atoms with Crippen LogP contribution in [-0.2, 0) is 5.41 Å². The molecule has 0 aliphatic carbocycles. The van der Waals surface area contributed by atoms with Gasteiger partial charge in [-0.1, -0.05) is 53.2 Å². The number of hydrogen-bond acceptors (Lipinski definition) is 2. The molecule has 2 unspecified atom stereocenters. The zero-order chi connectivity index (χ0) is 13.8. The van der Waals surface area contributed by atoms with Gasteiger partial charge in [0.2, 0.25) is 0 Å². The molecule has 0 fully saturated rings. The summed E-state index contributed by atoms with van der Waals surface area (Å²) in [7, 11) is 0. The summed E-state index contributed by atoms with van der Waals surface area (Å²) in [6.45, 7) is 11.0. The maximum atomic E-state index is 9.84. The molecule has 0 saturated carbocycles. The molecular formula is C16H26O2. The normalized spacial score (nSPS) is 15.2. The van der Waals surface area contributed by atoms with E-state index in [-0.39, 0.29) is 11.3 Å². The summed E-state index contributed by atoms with van der Waals surface area (Å²) >= 11 is 0. The molecule has 2 nitrogen and oxygen atoms in total. The first-order valence-corrected chi connectivity index (χ1v) is 6.76. The van der Waals surface area contributed by atoms with E-state index in [1.165, 1.54) is 5.56 Å². The molecule has 1 aromatic carbocycles. The molecule has 1 N–H and O–H groups in total. The molecule has 0 bridgehead atoms. The van der Waals surface area contributed by atoms with Crippen molar-refractivity contribution in [1.82, 2.24) is 0 Å². The van der Waals surface area contributed by atoms with Gasteiger partial charge in [-0.15, -0.1) is 0 Å². The van der Waals surface area contributed by atoms with Crippen molar-refractivity contribution in [3.63, 3.8) is 0 Å². The summed E-state index contributed by atoms with van der Waals surface area (Å²) in [5.41, 5.74) is 1.45. The molecule has 0 radical (unpaired) electrons. The van der Waals surface area contributed by atoms with Gasteiger partial charge in [-0.2, -0.15) is 0 Å². The van der Waals surface area contributed by atoms with E-state index in [2.05, 4.69) is 39.8 Å². The molecule has 0 amide bonds. The molecule has 18 heavy (non-hydrogen) atoms. The Morgan fingerprint density at radius 2 is 1.72 bits per heavy atom. The highest BCUT2D eigenvalue weighted by Gasteiger charge is 2.14. The second-order valence-corrected chi connectivity index (χ2v) is 6.04. The second kappa shape index (κ2) is 6.24. The second-order valence-electron chi connectivity index (χ2n) is 6.04. The minimum absolute atomic E-state index is 0.161. The third-order valence-corrected chi connectivity index (χ3v) is 3.44. The molecule has 0 aliphatic rings. The highest BCUT2D eigenvalue weighted by Crippen LogP contribution is 2.24. The van der Waals surface area contributed by atoms with Crippen LogP contribution in [0.2, 0.25) is 0 Å². The Balaban J connectivity index is 2.54. The van der Waals surface area contributed by atoms with Gasteiger partial charge < -0.3 is 9.84 Å². The fourth-order valence-electron chi connectivity index (χ4n) is 1.67. The first kappa shape index (κ1) is 15.0. The van der Waals surface area contributed by atoms with Crippen LogP contribution >= 0.6 is 0 Å². The molecule has 0 aliphatic heterocycles. The summed E-state index contributed by atoms with van der Waals surface area (Å²) < 4.78 is 5.61. The smallest absolute Gasteiger partial charge is 0.119 e. The first-order chi connectivity index (χ1) is 8.34. The zero-order valence-electron chi connectivity index (χ0n) is 12.2. The molecule has 102 valence electrons. The summed E-state index contributed by atoms with van der Waals surface area (Å²) in [6.07, 6.45) is 0.574. The summed E-state index contributed by atoms with van der Waals surface area (Å²) in [6, 6.07) is 8.13. The largest absolute Gasteiger partial charge is 0.491 e. The predicted octanol–water partition coefficient (Wildman–Crippen LogP) is 3.77. The van der Waals surface area contributed by atoms with Gasteiger partial charge in [0, 0.05) is 0 Å². The zero-order valence-corrected chi connectivity index (χ0v) is 12.2. The number of benzene rings is 1. The van der Waals surface area contributed by atoms with Crippen molar-refractivity contribution >= 4 is 0 Å². The van der Waals surface area contributed by atoms with Crippen molar-refractivity contribution in [3.05, 3.63) is 29.8 Å². The number of aliphatic hydroxyl groups is 1. The highest BCUT2D eigenvalue weighted by molar-refractivity contribution is 5.31. The minimum Gasteiger partial charge on any atom is -0.491 e. The summed E-state index contributed by atoms with van der Waals surface area (Å²) in [4.78, 5) is 0. The van der Waals surface area contributed by atoms with Crippen LogP contribution in [0.25, 0.3) is 0 Å². The molecule has 0 heterocycles. The van der Waals surface area contributed by atoms with Gasteiger partial charge in [0.1, 0.15) is 12.4 Å². The van der Waals surface area contributed by atoms with Gasteiger partial charge in [-0.05, 0) is 29.0 Å². The number of rotatable bonds is 5. The van der Waals surface area contributed by atoms with Crippen molar-refractivity contribution in [3.8, 4) is 5.75 Å². The lowest BCUT2D eigenvalue weighted by molar-refractivity contribution is 0.0622. The van der Waals surface area contributed by atoms with Crippen LogP contribution in [0.5, 0.6) is 5.75 Å². The molecule has 1 rings (SSSR count). The van der Waals surface area contributed by atoms with Crippen molar-refractivity contribution in [2.75, 3.05) is 6.61 Å². The van der Waals surface area contributed by atoms with Crippen molar-refractivity contribution in [2.24, 2.45) is 5.92 Å². The monoisotopic (exact) mass is 250 g/mol. The fraction of sp³-hybridized carbons (Fsp3) is 0.625. The van der Waals surface area contributed by atoms with Gasteiger partial charge in [0.05, 0.1) is 6.10 Å². The maximum Gasteiger partial charge on any atom is 0.119 e. The Bertz CT molecular complexity index is 348. The van der Waals surface area contributed by atoms with Crippen LogP contribution in [0.15, 0.2) is 24.3 Å². The van der Waals surface area contributed by atoms with E-state index in [1.54, 1.807) is 0 Å². The Hall–Kier alpha value is -1.02. The van der Waals surface area contributed by atoms with E-state index < -0.39 is 6.10 Å². The average molecular weight is 250 g/mol. The molecule has 0 aromatic heterocycles. The maximum absolute atomic E-state index is 9.84.